The van der Waals surface area contributed by atoms with E-state index in [-0.39, 0.29) is 12.0 Å². The first kappa shape index (κ1) is 15.7. The molecule has 7 nitrogen and oxygen atoms in total. The normalized spacial score (nSPS) is 17.1. The summed E-state index contributed by atoms with van der Waals surface area (Å²) in [5.74, 6) is 0.423. The Morgan fingerprint density at radius 1 is 1.40 bits per heavy atom. The topological polar surface area (TPSA) is 69.8 Å². The number of para-hydroxylation sites is 2. The molecule has 0 spiro atoms. The molecule has 1 N–H and O–H groups in total. The third-order valence-corrected chi connectivity index (χ3v) is 4.36. The van der Waals surface area contributed by atoms with Gasteiger partial charge in [-0.3, -0.25) is 4.79 Å². The number of rotatable bonds is 5. The van der Waals surface area contributed by atoms with E-state index in [4.69, 9.17) is 9.47 Å². The lowest BCUT2D eigenvalue weighted by Gasteiger charge is -2.15. The fraction of sp³-hybridized carbons (Fsp3) is 0.333. The van der Waals surface area contributed by atoms with E-state index >= 15 is 0 Å². The van der Waals surface area contributed by atoms with Gasteiger partial charge in [-0.25, -0.2) is 4.52 Å². The lowest BCUT2D eigenvalue weighted by atomic mass is 10.2. The van der Waals surface area contributed by atoms with Gasteiger partial charge in [-0.1, -0.05) is 12.1 Å². The quantitative estimate of drug-likeness (QED) is 0.775. The fourth-order valence-electron chi connectivity index (χ4n) is 3.05. The fourth-order valence-corrected chi connectivity index (χ4v) is 3.05. The minimum atomic E-state index is -0.218. The highest BCUT2D eigenvalue weighted by Crippen LogP contribution is 2.26. The number of hydrogen-bond acceptors (Lipinski definition) is 4. The molecule has 3 heterocycles. The van der Waals surface area contributed by atoms with E-state index in [2.05, 4.69) is 10.4 Å². The van der Waals surface area contributed by atoms with Crippen molar-refractivity contribution >= 4 is 17.2 Å². The van der Waals surface area contributed by atoms with Gasteiger partial charge in [0.1, 0.15) is 23.6 Å². The highest BCUT2D eigenvalue weighted by atomic mass is 16.5. The van der Waals surface area contributed by atoms with Gasteiger partial charge in [-0.2, -0.15) is 5.10 Å². The summed E-state index contributed by atoms with van der Waals surface area (Å²) in [6.45, 7) is 1.28. The Balaban J connectivity index is 1.52. The first-order valence-corrected chi connectivity index (χ1v) is 8.36. The van der Waals surface area contributed by atoms with Crippen LogP contribution in [-0.2, 0) is 11.8 Å². The van der Waals surface area contributed by atoms with E-state index in [9.17, 15) is 4.79 Å². The van der Waals surface area contributed by atoms with Crippen LogP contribution in [-0.4, -0.2) is 39.4 Å². The lowest BCUT2D eigenvalue weighted by Crippen LogP contribution is -2.18. The first-order chi connectivity index (χ1) is 12.2. The smallest absolute Gasteiger partial charge is 0.261 e. The number of imidazole rings is 1. The van der Waals surface area contributed by atoms with E-state index in [0.717, 1.165) is 25.1 Å². The highest BCUT2D eigenvalue weighted by molar-refractivity contribution is 6.08. The molecule has 4 rings (SSSR count). The van der Waals surface area contributed by atoms with Crippen LogP contribution in [0.25, 0.3) is 5.65 Å². The maximum Gasteiger partial charge on any atom is 0.261 e. The van der Waals surface area contributed by atoms with Gasteiger partial charge in [0.05, 0.1) is 18.0 Å². The molecule has 7 heteroatoms. The molecule has 0 radical (unpaired) electrons. The van der Waals surface area contributed by atoms with Gasteiger partial charge in [-0.05, 0) is 25.0 Å². The molecular formula is C18H20N4O3. The number of nitrogens with one attached hydrogen (secondary N) is 1. The standard InChI is InChI=1S/C18H20N4O3/c1-21-8-9-22-18(21)14(11-19-22)17(23)20-15-6-2-3-7-16(15)25-12-13-5-4-10-24-13/h2-3,6-9,11,13H,4-5,10,12H2,1H3,(H,20,23). The zero-order valence-corrected chi connectivity index (χ0v) is 14.0. The number of amides is 1. The zero-order valence-electron chi connectivity index (χ0n) is 14.0. The van der Waals surface area contributed by atoms with E-state index in [1.54, 1.807) is 10.7 Å². The van der Waals surface area contributed by atoms with Crippen LogP contribution in [0.2, 0.25) is 0 Å². The van der Waals surface area contributed by atoms with E-state index in [0.29, 0.717) is 23.6 Å². The molecule has 3 aromatic rings. The molecular weight excluding hydrogens is 320 g/mol. The van der Waals surface area contributed by atoms with Crippen molar-refractivity contribution in [3.05, 3.63) is 48.4 Å². The predicted octanol–water partition coefficient (Wildman–Crippen LogP) is 2.48. The van der Waals surface area contributed by atoms with Crippen LogP contribution in [0.4, 0.5) is 5.69 Å². The number of nitrogens with zero attached hydrogens (tertiary/aromatic N) is 3. The van der Waals surface area contributed by atoms with Crippen molar-refractivity contribution in [1.29, 1.82) is 0 Å². The Labute approximate surface area is 145 Å². The summed E-state index contributed by atoms with van der Waals surface area (Å²) < 4.78 is 15.0. The monoisotopic (exact) mass is 340 g/mol. The second-order valence-electron chi connectivity index (χ2n) is 6.13. The number of carbonyl (C=O) groups is 1. The predicted molar refractivity (Wildman–Crippen MR) is 93.0 cm³/mol. The molecule has 0 bridgehead atoms. The lowest BCUT2D eigenvalue weighted by molar-refractivity contribution is 0.0682. The summed E-state index contributed by atoms with van der Waals surface area (Å²) in [6, 6.07) is 7.43. The molecule has 2 aromatic heterocycles. The van der Waals surface area contributed by atoms with Gasteiger partial charge in [0.25, 0.3) is 5.91 Å². The maximum absolute atomic E-state index is 12.7. The molecule has 1 fully saturated rings. The Morgan fingerprint density at radius 3 is 3.12 bits per heavy atom. The SMILES string of the molecule is Cn1ccn2ncc(C(=O)Nc3ccccc3OCC3CCCO3)c12. The second-order valence-corrected chi connectivity index (χ2v) is 6.13. The summed E-state index contributed by atoms with van der Waals surface area (Å²) in [6.07, 6.45) is 7.45. The van der Waals surface area contributed by atoms with Crippen LogP contribution in [0, 0.1) is 0 Å². The molecule has 1 saturated heterocycles. The van der Waals surface area contributed by atoms with Crippen molar-refractivity contribution in [2.24, 2.45) is 7.05 Å². The Kier molecular flexibility index (Phi) is 4.15. The summed E-state index contributed by atoms with van der Waals surface area (Å²) in [5, 5.41) is 7.13. The van der Waals surface area contributed by atoms with Crippen LogP contribution >= 0.6 is 0 Å². The molecule has 1 aromatic carbocycles. The Hall–Kier alpha value is -2.80. The molecule has 1 unspecified atom stereocenters. The average Bonchev–Trinajstić information content (AvgIpc) is 3.33. The van der Waals surface area contributed by atoms with Gasteiger partial charge in [0.2, 0.25) is 0 Å². The van der Waals surface area contributed by atoms with Crippen LogP contribution in [0.3, 0.4) is 0 Å². The van der Waals surface area contributed by atoms with Gasteiger partial charge >= 0.3 is 0 Å². The number of fused-ring (bicyclic) bond motifs is 1. The molecule has 1 atom stereocenters. The van der Waals surface area contributed by atoms with E-state index < -0.39 is 0 Å². The van der Waals surface area contributed by atoms with Crippen molar-refractivity contribution in [2.45, 2.75) is 18.9 Å². The van der Waals surface area contributed by atoms with E-state index in [1.165, 1.54) is 0 Å². The van der Waals surface area contributed by atoms with Gasteiger partial charge in [-0.15, -0.1) is 0 Å². The van der Waals surface area contributed by atoms with Crippen molar-refractivity contribution in [3.63, 3.8) is 0 Å². The Morgan fingerprint density at radius 2 is 2.28 bits per heavy atom. The number of carbonyl (C=O) groups excluding carboxylic acids is 1. The molecule has 0 saturated carbocycles. The minimum Gasteiger partial charge on any atom is -0.489 e. The summed E-state index contributed by atoms with van der Waals surface area (Å²) in [7, 11) is 1.88. The van der Waals surface area contributed by atoms with Gasteiger partial charge in [0.15, 0.2) is 0 Å². The molecule has 25 heavy (non-hydrogen) atoms. The van der Waals surface area contributed by atoms with Gasteiger partial charge in [0, 0.05) is 26.0 Å². The Bertz CT molecular complexity index is 893. The van der Waals surface area contributed by atoms with Crippen molar-refractivity contribution < 1.29 is 14.3 Å². The zero-order chi connectivity index (χ0) is 17.2. The number of ether oxygens (including phenoxy) is 2. The van der Waals surface area contributed by atoms with Crippen LogP contribution < -0.4 is 10.1 Å². The third-order valence-electron chi connectivity index (χ3n) is 4.36. The van der Waals surface area contributed by atoms with Crippen LogP contribution in [0.5, 0.6) is 5.75 Å². The van der Waals surface area contributed by atoms with E-state index in [1.807, 2.05) is 48.3 Å². The molecule has 130 valence electrons. The molecule has 1 aliphatic heterocycles. The number of aromatic nitrogens is 3. The second kappa shape index (κ2) is 6.60. The van der Waals surface area contributed by atoms with Crippen molar-refractivity contribution in [1.82, 2.24) is 14.2 Å². The largest absolute Gasteiger partial charge is 0.489 e. The molecule has 0 aliphatic carbocycles. The van der Waals surface area contributed by atoms with Crippen molar-refractivity contribution in [3.8, 4) is 5.75 Å². The number of benzene rings is 1. The van der Waals surface area contributed by atoms with Crippen molar-refractivity contribution in [2.75, 3.05) is 18.5 Å². The summed E-state index contributed by atoms with van der Waals surface area (Å²) in [4.78, 5) is 12.7. The maximum atomic E-state index is 12.7. The summed E-state index contributed by atoms with van der Waals surface area (Å²) in [5.41, 5.74) is 1.90. The average molecular weight is 340 g/mol. The van der Waals surface area contributed by atoms with Crippen LogP contribution in [0.15, 0.2) is 42.9 Å². The highest BCUT2D eigenvalue weighted by Gasteiger charge is 2.19. The van der Waals surface area contributed by atoms with Gasteiger partial charge < -0.3 is 19.4 Å². The molecule has 1 amide bonds. The minimum absolute atomic E-state index is 0.127. The first-order valence-electron chi connectivity index (χ1n) is 8.36. The third kappa shape index (κ3) is 3.10. The molecule has 1 aliphatic rings. The summed E-state index contributed by atoms with van der Waals surface area (Å²) >= 11 is 0. The van der Waals surface area contributed by atoms with Crippen LogP contribution in [0.1, 0.15) is 23.2 Å². The number of anilines is 1. The number of aryl methyl sites for hydroxylation is 1. The number of hydrogen-bond donors (Lipinski definition) is 1.